The highest BCUT2D eigenvalue weighted by atomic mass is 35.5. The van der Waals surface area contributed by atoms with E-state index in [1.165, 1.54) is 5.56 Å². The third-order valence-electron chi connectivity index (χ3n) is 4.51. The van der Waals surface area contributed by atoms with Crippen LogP contribution >= 0.6 is 23.2 Å². The summed E-state index contributed by atoms with van der Waals surface area (Å²) in [7, 11) is 2.04. The fraction of sp³-hybridized carbons (Fsp3) is 0.571. The summed E-state index contributed by atoms with van der Waals surface area (Å²) in [4.78, 5) is 0. The number of hydrogen-bond acceptors (Lipinski definition) is 1. The maximum Gasteiger partial charge on any atom is 0.0442 e. The van der Waals surface area contributed by atoms with E-state index in [0.717, 1.165) is 22.9 Å². The van der Waals surface area contributed by atoms with Gasteiger partial charge >= 0.3 is 0 Å². The van der Waals surface area contributed by atoms with Crippen LogP contribution < -0.4 is 5.32 Å². The zero-order chi connectivity index (χ0) is 12.6. The Bertz CT molecular complexity index is 419. The Balaban J connectivity index is 2.33. The molecule has 1 aromatic rings. The highest BCUT2D eigenvalue weighted by Gasteiger charge is 2.50. The lowest BCUT2D eigenvalue weighted by Crippen LogP contribution is -2.55. The summed E-state index contributed by atoms with van der Waals surface area (Å²) in [6.07, 6.45) is 2.28. The Morgan fingerprint density at radius 2 is 2.12 bits per heavy atom. The maximum absolute atomic E-state index is 6.30. The van der Waals surface area contributed by atoms with Gasteiger partial charge in [-0.1, -0.05) is 37.0 Å². The van der Waals surface area contributed by atoms with Crippen LogP contribution in [0.2, 0.25) is 10.0 Å². The molecule has 1 aliphatic rings. The molecule has 1 N–H and O–H groups in total. The minimum absolute atomic E-state index is 0.281. The molecule has 3 heteroatoms. The standard InChI is InChI=1S/C14H19Cl2N/c1-4-14(2)11(8-13(14)17-3)10-7-9(15)5-6-12(10)16/h5-7,11,13,17H,4,8H2,1-3H3. The predicted molar refractivity (Wildman–Crippen MR) is 75.1 cm³/mol. The van der Waals surface area contributed by atoms with Crippen LogP contribution in [0.5, 0.6) is 0 Å². The number of rotatable bonds is 3. The average Bonchev–Trinajstić information content (AvgIpc) is 2.31. The van der Waals surface area contributed by atoms with Crippen LogP contribution in [0.3, 0.4) is 0 Å². The van der Waals surface area contributed by atoms with Gasteiger partial charge in [0.25, 0.3) is 0 Å². The highest BCUT2D eigenvalue weighted by molar-refractivity contribution is 6.33. The summed E-state index contributed by atoms with van der Waals surface area (Å²) in [6, 6.07) is 6.36. The Kier molecular flexibility index (Phi) is 3.72. The quantitative estimate of drug-likeness (QED) is 0.855. The van der Waals surface area contributed by atoms with Crippen LogP contribution in [0, 0.1) is 5.41 Å². The fourth-order valence-corrected chi connectivity index (χ4v) is 3.49. The fourth-order valence-electron chi connectivity index (χ4n) is 3.06. The van der Waals surface area contributed by atoms with E-state index in [2.05, 4.69) is 19.2 Å². The molecule has 0 aromatic heterocycles. The van der Waals surface area contributed by atoms with Gasteiger partial charge in [0, 0.05) is 16.1 Å². The van der Waals surface area contributed by atoms with Crippen molar-refractivity contribution in [1.82, 2.24) is 5.32 Å². The molecule has 94 valence electrons. The monoisotopic (exact) mass is 271 g/mol. The summed E-state index contributed by atoms with van der Waals surface area (Å²) in [5.74, 6) is 0.510. The Morgan fingerprint density at radius 3 is 2.71 bits per heavy atom. The van der Waals surface area contributed by atoms with E-state index in [0.29, 0.717) is 12.0 Å². The molecule has 0 saturated heterocycles. The molecule has 0 bridgehead atoms. The van der Waals surface area contributed by atoms with E-state index in [-0.39, 0.29) is 5.41 Å². The topological polar surface area (TPSA) is 12.0 Å². The van der Waals surface area contributed by atoms with Crippen molar-refractivity contribution in [3.05, 3.63) is 33.8 Å². The SMILES string of the molecule is CCC1(C)C(NC)CC1c1cc(Cl)ccc1Cl. The first-order chi connectivity index (χ1) is 8.02. The van der Waals surface area contributed by atoms with E-state index >= 15 is 0 Å². The van der Waals surface area contributed by atoms with Crippen LogP contribution in [-0.4, -0.2) is 13.1 Å². The average molecular weight is 272 g/mol. The Morgan fingerprint density at radius 1 is 1.41 bits per heavy atom. The molecule has 0 heterocycles. The molecular weight excluding hydrogens is 253 g/mol. The minimum atomic E-state index is 0.281. The first-order valence-electron chi connectivity index (χ1n) is 6.15. The van der Waals surface area contributed by atoms with Crippen molar-refractivity contribution in [3.63, 3.8) is 0 Å². The molecule has 0 spiro atoms. The van der Waals surface area contributed by atoms with Crippen LogP contribution in [0.25, 0.3) is 0 Å². The van der Waals surface area contributed by atoms with E-state index < -0.39 is 0 Å². The third-order valence-corrected chi connectivity index (χ3v) is 5.09. The van der Waals surface area contributed by atoms with Gasteiger partial charge in [-0.2, -0.15) is 0 Å². The van der Waals surface area contributed by atoms with Gasteiger partial charge < -0.3 is 5.32 Å². The van der Waals surface area contributed by atoms with Crippen molar-refractivity contribution < 1.29 is 0 Å². The molecule has 2 rings (SSSR count). The number of halogens is 2. The highest BCUT2D eigenvalue weighted by Crippen LogP contribution is 2.56. The van der Waals surface area contributed by atoms with E-state index in [4.69, 9.17) is 23.2 Å². The number of nitrogens with one attached hydrogen (secondary N) is 1. The molecular formula is C14H19Cl2N. The third kappa shape index (κ3) is 2.09. The summed E-state index contributed by atoms with van der Waals surface area (Å²) >= 11 is 12.4. The first kappa shape index (κ1) is 13.2. The van der Waals surface area contributed by atoms with E-state index in [1.54, 1.807) is 0 Å². The van der Waals surface area contributed by atoms with Crippen LogP contribution in [-0.2, 0) is 0 Å². The summed E-state index contributed by atoms with van der Waals surface area (Å²) in [6.45, 7) is 4.58. The van der Waals surface area contributed by atoms with Crippen molar-refractivity contribution in [3.8, 4) is 0 Å². The van der Waals surface area contributed by atoms with Gasteiger partial charge in [-0.05, 0) is 55.0 Å². The maximum atomic E-state index is 6.30. The molecule has 0 amide bonds. The molecule has 0 aliphatic heterocycles. The molecule has 0 radical (unpaired) electrons. The Labute approximate surface area is 114 Å². The summed E-state index contributed by atoms with van der Waals surface area (Å²) in [5.41, 5.74) is 1.48. The largest absolute Gasteiger partial charge is 0.316 e. The molecule has 3 atom stereocenters. The second-order valence-electron chi connectivity index (χ2n) is 5.15. The summed E-state index contributed by atoms with van der Waals surface area (Å²) in [5, 5.41) is 5.02. The van der Waals surface area contributed by atoms with Crippen molar-refractivity contribution in [2.24, 2.45) is 5.41 Å². The minimum Gasteiger partial charge on any atom is -0.316 e. The van der Waals surface area contributed by atoms with Crippen LogP contribution in [0.15, 0.2) is 18.2 Å². The number of benzene rings is 1. The number of hydrogen-bond donors (Lipinski definition) is 1. The van der Waals surface area contributed by atoms with Gasteiger partial charge in [0.15, 0.2) is 0 Å². The van der Waals surface area contributed by atoms with Gasteiger partial charge in [0.05, 0.1) is 0 Å². The van der Waals surface area contributed by atoms with Crippen LogP contribution in [0.1, 0.15) is 38.2 Å². The second kappa shape index (κ2) is 4.79. The van der Waals surface area contributed by atoms with Gasteiger partial charge in [-0.3, -0.25) is 0 Å². The molecule has 1 nitrogen and oxygen atoms in total. The molecule has 1 aliphatic carbocycles. The lowest BCUT2D eigenvalue weighted by atomic mass is 9.54. The second-order valence-corrected chi connectivity index (χ2v) is 6.00. The van der Waals surface area contributed by atoms with Crippen molar-refractivity contribution >= 4 is 23.2 Å². The van der Waals surface area contributed by atoms with Crippen molar-refractivity contribution in [1.29, 1.82) is 0 Å². The molecule has 1 aromatic carbocycles. The zero-order valence-electron chi connectivity index (χ0n) is 10.6. The lowest BCUT2D eigenvalue weighted by molar-refractivity contribution is 0.0495. The van der Waals surface area contributed by atoms with E-state index in [1.807, 2.05) is 25.2 Å². The predicted octanol–water partition coefficient (Wildman–Crippen LogP) is 4.49. The summed E-state index contributed by atoms with van der Waals surface area (Å²) < 4.78 is 0. The van der Waals surface area contributed by atoms with Crippen molar-refractivity contribution in [2.75, 3.05) is 7.05 Å². The van der Waals surface area contributed by atoms with Gasteiger partial charge in [0.2, 0.25) is 0 Å². The molecule has 3 unspecified atom stereocenters. The first-order valence-corrected chi connectivity index (χ1v) is 6.90. The molecule has 1 saturated carbocycles. The van der Waals surface area contributed by atoms with Gasteiger partial charge in [-0.15, -0.1) is 0 Å². The van der Waals surface area contributed by atoms with Gasteiger partial charge in [-0.25, -0.2) is 0 Å². The molecule has 17 heavy (non-hydrogen) atoms. The van der Waals surface area contributed by atoms with E-state index in [9.17, 15) is 0 Å². The van der Waals surface area contributed by atoms with Crippen molar-refractivity contribution in [2.45, 2.75) is 38.6 Å². The van der Waals surface area contributed by atoms with Crippen LogP contribution in [0.4, 0.5) is 0 Å². The van der Waals surface area contributed by atoms with Gasteiger partial charge in [0.1, 0.15) is 0 Å². The Hall–Kier alpha value is -0.240. The molecule has 1 fully saturated rings. The normalized spacial score (nSPS) is 32.3. The smallest absolute Gasteiger partial charge is 0.0442 e. The lowest BCUT2D eigenvalue weighted by Gasteiger charge is -2.54. The zero-order valence-corrected chi connectivity index (χ0v) is 12.1.